The molecule has 0 aliphatic carbocycles. The Kier molecular flexibility index (Phi) is 5.87. The number of rotatable bonds is 4. The van der Waals surface area contributed by atoms with Crippen LogP contribution in [-0.2, 0) is 16.6 Å². The third-order valence-electron chi connectivity index (χ3n) is 5.95. The van der Waals surface area contributed by atoms with Gasteiger partial charge in [-0.1, -0.05) is 39.0 Å². The molecule has 0 spiro atoms. The van der Waals surface area contributed by atoms with Crippen LogP contribution < -0.4 is 0 Å². The zero-order valence-corrected chi connectivity index (χ0v) is 18.4. The van der Waals surface area contributed by atoms with E-state index in [0.29, 0.717) is 25.3 Å². The van der Waals surface area contributed by atoms with E-state index in [2.05, 4.69) is 45.9 Å². The van der Waals surface area contributed by atoms with Gasteiger partial charge < -0.3 is 14.2 Å². The maximum atomic E-state index is 12.8. The number of benzene rings is 1. The zero-order chi connectivity index (χ0) is 21.3. The van der Waals surface area contributed by atoms with Crippen LogP contribution in [-0.4, -0.2) is 47.8 Å². The Morgan fingerprint density at radius 1 is 1.21 bits per heavy atom. The van der Waals surface area contributed by atoms with E-state index in [1.807, 2.05) is 6.07 Å². The van der Waals surface area contributed by atoms with Crippen LogP contribution in [0, 0.1) is 6.92 Å². The molecule has 1 unspecified atom stereocenters. The van der Waals surface area contributed by atoms with Crippen LogP contribution in [0.1, 0.15) is 67.1 Å². The molecule has 5 heteroatoms. The van der Waals surface area contributed by atoms with Gasteiger partial charge in [0.25, 0.3) is 5.91 Å². The second-order valence-electron chi connectivity index (χ2n) is 9.16. The van der Waals surface area contributed by atoms with Crippen LogP contribution in [0.3, 0.4) is 0 Å². The first kappa shape index (κ1) is 21.2. The first-order chi connectivity index (χ1) is 13.6. The molecule has 156 valence electrons. The van der Waals surface area contributed by atoms with Gasteiger partial charge in [0.1, 0.15) is 5.76 Å². The van der Waals surface area contributed by atoms with Crippen molar-refractivity contribution >= 4 is 11.8 Å². The summed E-state index contributed by atoms with van der Waals surface area (Å²) in [5, 5.41) is 0. The van der Waals surface area contributed by atoms with Crippen molar-refractivity contribution in [2.45, 2.75) is 58.9 Å². The number of likely N-dealkylation sites (tertiary alicyclic amines) is 1. The summed E-state index contributed by atoms with van der Waals surface area (Å²) in [5.74, 6) is 1.09. The number of aryl methyl sites for hydroxylation is 1. The average molecular weight is 397 g/mol. The Morgan fingerprint density at radius 2 is 1.93 bits per heavy atom. The van der Waals surface area contributed by atoms with Gasteiger partial charge in [0.15, 0.2) is 5.76 Å². The minimum absolute atomic E-state index is 0.0254. The van der Waals surface area contributed by atoms with Gasteiger partial charge in [0, 0.05) is 33.5 Å². The van der Waals surface area contributed by atoms with E-state index in [9.17, 15) is 9.59 Å². The molecule has 1 saturated heterocycles. The smallest absolute Gasteiger partial charge is 0.289 e. The van der Waals surface area contributed by atoms with Gasteiger partial charge in [-0.15, -0.1) is 0 Å². The monoisotopic (exact) mass is 396 g/mol. The van der Waals surface area contributed by atoms with Crippen molar-refractivity contribution in [1.29, 1.82) is 0 Å². The Balaban J connectivity index is 1.70. The van der Waals surface area contributed by atoms with Crippen LogP contribution in [0.15, 0.2) is 34.7 Å². The van der Waals surface area contributed by atoms with Crippen molar-refractivity contribution < 1.29 is 14.0 Å². The highest BCUT2D eigenvalue weighted by Crippen LogP contribution is 2.26. The third kappa shape index (κ3) is 4.72. The van der Waals surface area contributed by atoms with Gasteiger partial charge in [-0.05, 0) is 47.6 Å². The molecule has 3 rings (SSSR count). The van der Waals surface area contributed by atoms with Gasteiger partial charge in [-0.2, -0.15) is 0 Å². The maximum Gasteiger partial charge on any atom is 0.289 e. The quantitative estimate of drug-likeness (QED) is 0.779. The topological polar surface area (TPSA) is 53.8 Å². The van der Waals surface area contributed by atoms with Crippen molar-refractivity contribution in [1.82, 2.24) is 9.80 Å². The number of hydrogen-bond acceptors (Lipinski definition) is 3. The summed E-state index contributed by atoms with van der Waals surface area (Å²) < 4.78 is 5.91. The summed E-state index contributed by atoms with van der Waals surface area (Å²) in [4.78, 5) is 27.9. The maximum absolute atomic E-state index is 12.8. The molecule has 1 aliphatic rings. The summed E-state index contributed by atoms with van der Waals surface area (Å²) >= 11 is 0. The summed E-state index contributed by atoms with van der Waals surface area (Å²) in [6.07, 6.45) is 1.47. The number of carbonyl (C=O) groups excluding carboxylic acids is 2. The lowest BCUT2D eigenvalue weighted by Crippen LogP contribution is -2.38. The molecule has 1 fully saturated rings. The zero-order valence-electron chi connectivity index (χ0n) is 18.4. The molecular formula is C24H32N2O3. The number of amides is 2. The van der Waals surface area contributed by atoms with Gasteiger partial charge >= 0.3 is 0 Å². The first-order valence-electron chi connectivity index (χ1n) is 10.3. The van der Waals surface area contributed by atoms with E-state index >= 15 is 0 Å². The molecule has 0 bridgehead atoms. The predicted octanol–water partition coefficient (Wildman–Crippen LogP) is 4.17. The Labute approximate surface area is 173 Å². The first-order valence-corrected chi connectivity index (χ1v) is 10.3. The van der Waals surface area contributed by atoms with Gasteiger partial charge in [-0.25, -0.2) is 0 Å². The van der Waals surface area contributed by atoms with Gasteiger partial charge in [-0.3, -0.25) is 9.59 Å². The molecule has 0 N–H and O–H groups in total. The molecule has 2 amide bonds. The minimum atomic E-state index is -0.101. The summed E-state index contributed by atoms with van der Waals surface area (Å²) in [6, 6.07) is 10.3. The van der Waals surface area contributed by atoms with Gasteiger partial charge in [0.2, 0.25) is 5.91 Å². The standard InChI is InChI=1S/C24H32N2O3/c1-16-7-8-19(24(3,4)5)13-18(16)14-21-9-10-22(29-21)23(28)26-12-11-20(15-26)25(6)17(2)27/h7-10,13,20H,11-12,14-15H2,1-6H3. The number of nitrogens with zero attached hydrogens (tertiary/aromatic N) is 2. The molecule has 2 aromatic rings. The minimum Gasteiger partial charge on any atom is -0.456 e. The van der Waals surface area contributed by atoms with E-state index in [0.717, 1.165) is 12.2 Å². The van der Waals surface area contributed by atoms with E-state index in [-0.39, 0.29) is 23.3 Å². The number of furan rings is 1. The van der Waals surface area contributed by atoms with E-state index in [1.165, 1.54) is 16.7 Å². The molecule has 1 aliphatic heterocycles. The molecule has 1 aromatic carbocycles. The molecule has 29 heavy (non-hydrogen) atoms. The predicted molar refractivity (Wildman–Crippen MR) is 114 cm³/mol. The van der Waals surface area contributed by atoms with Crippen LogP contribution >= 0.6 is 0 Å². The molecular weight excluding hydrogens is 364 g/mol. The van der Waals surface area contributed by atoms with Crippen LogP contribution in [0.2, 0.25) is 0 Å². The van der Waals surface area contributed by atoms with Crippen molar-refractivity contribution in [2.75, 3.05) is 20.1 Å². The summed E-state index contributed by atoms with van der Waals surface area (Å²) in [7, 11) is 1.79. The third-order valence-corrected chi connectivity index (χ3v) is 5.95. The second-order valence-corrected chi connectivity index (χ2v) is 9.16. The summed E-state index contributed by atoms with van der Waals surface area (Å²) in [5.41, 5.74) is 3.82. The normalized spacial score (nSPS) is 16.9. The summed E-state index contributed by atoms with van der Waals surface area (Å²) in [6.45, 7) is 11.5. The lowest BCUT2D eigenvalue weighted by atomic mass is 9.85. The lowest BCUT2D eigenvalue weighted by Gasteiger charge is -2.23. The van der Waals surface area contributed by atoms with Gasteiger partial charge in [0.05, 0.1) is 6.04 Å². The van der Waals surface area contributed by atoms with Crippen LogP contribution in [0.5, 0.6) is 0 Å². The molecule has 0 saturated carbocycles. The highest BCUT2D eigenvalue weighted by Gasteiger charge is 2.31. The highest BCUT2D eigenvalue weighted by molar-refractivity contribution is 5.91. The Bertz CT molecular complexity index is 907. The Morgan fingerprint density at radius 3 is 2.59 bits per heavy atom. The van der Waals surface area contributed by atoms with E-state index < -0.39 is 0 Å². The number of hydrogen-bond donors (Lipinski definition) is 0. The highest BCUT2D eigenvalue weighted by atomic mass is 16.4. The second kappa shape index (κ2) is 8.05. The fourth-order valence-corrected chi connectivity index (χ4v) is 3.76. The van der Waals surface area contributed by atoms with Crippen molar-refractivity contribution in [3.8, 4) is 0 Å². The van der Waals surface area contributed by atoms with Crippen molar-refractivity contribution in [2.24, 2.45) is 0 Å². The lowest BCUT2D eigenvalue weighted by molar-refractivity contribution is -0.129. The molecule has 0 radical (unpaired) electrons. The van der Waals surface area contributed by atoms with Crippen molar-refractivity contribution in [3.05, 3.63) is 58.5 Å². The molecule has 1 aromatic heterocycles. The van der Waals surface area contributed by atoms with Crippen LogP contribution in [0.4, 0.5) is 0 Å². The molecule has 5 nitrogen and oxygen atoms in total. The van der Waals surface area contributed by atoms with E-state index in [1.54, 1.807) is 29.8 Å². The molecule has 2 heterocycles. The molecule has 1 atom stereocenters. The number of carbonyl (C=O) groups is 2. The Hall–Kier alpha value is -2.56. The van der Waals surface area contributed by atoms with Crippen LogP contribution in [0.25, 0.3) is 0 Å². The average Bonchev–Trinajstić information content (AvgIpc) is 3.31. The number of likely N-dealkylation sites (N-methyl/N-ethyl adjacent to an activating group) is 1. The fourth-order valence-electron chi connectivity index (χ4n) is 3.76. The van der Waals surface area contributed by atoms with E-state index in [4.69, 9.17) is 4.42 Å². The fraction of sp³-hybridized carbons (Fsp3) is 0.500. The van der Waals surface area contributed by atoms with Crippen molar-refractivity contribution in [3.63, 3.8) is 0 Å². The SMILES string of the molecule is CC(=O)N(C)C1CCN(C(=O)c2ccc(Cc3cc(C(C)(C)C)ccc3C)o2)C1. The largest absolute Gasteiger partial charge is 0.456 e.